The van der Waals surface area contributed by atoms with Gasteiger partial charge in [0.05, 0.1) is 0 Å². The highest BCUT2D eigenvalue weighted by Crippen LogP contribution is 2.02. The fourth-order valence-electron chi connectivity index (χ4n) is 1.97. The first-order chi connectivity index (χ1) is 11.5. The average Bonchev–Trinajstić information content (AvgIpc) is 2.57. The standard InChI is InChI=1S/C17H17FN2O4/c18-14-6-4-13(5-7-14)8-9-19-15(21)12-24-17(23)11-20-10-2-1-3-16(20)22/h1-7,10H,8-9,11-12H2,(H,19,21). The SMILES string of the molecule is O=C(COC(=O)Cn1ccccc1=O)NCCc1ccc(F)cc1. The van der Waals surface area contributed by atoms with Gasteiger partial charge in [-0.15, -0.1) is 0 Å². The fourth-order valence-corrected chi connectivity index (χ4v) is 1.97. The van der Waals surface area contributed by atoms with Gasteiger partial charge in [-0.3, -0.25) is 14.4 Å². The Bertz CT molecular complexity index is 756. The number of nitrogens with one attached hydrogen (secondary N) is 1. The minimum Gasteiger partial charge on any atom is -0.454 e. The number of hydrogen-bond acceptors (Lipinski definition) is 4. The summed E-state index contributed by atoms with van der Waals surface area (Å²) < 4.78 is 18.8. The maximum absolute atomic E-state index is 12.8. The molecule has 2 aromatic rings. The summed E-state index contributed by atoms with van der Waals surface area (Å²) in [5, 5.41) is 2.60. The molecule has 2 rings (SSSR count). The highest BCUT2D eigenvalue weighted by atomic mass is 19.1. The zero-order chi connectivity index (χ0) is 17.4. The molecular formula is C17H17FN2O4. The maximum Gasteiger partial charge on any atom is 0.326 e. The lowest BCUT2D eigenvalue weighted by Gasteiger charge is -2.08. The van der Waals surface area contributed by atoms with Gasteiger partial charge in [-0.1, -0.05) is 18.2 Å². The van der Waals surface area contributed by atoms with E-state index in [-0.39, 0.29) is 17.9 Å². The summed E-state index contributed by atoms with van der Waals surface area (Å²) in [7, 11) is 0. The van der Waals surface area contributed by atoms with Gasteiger partial charge >= 0.3 is 5.97 Å². The van der Waals surface area contributed by atoms with Gasteiger partial charge in [0.1, 0.15) is 12.4 Å². The molecule has 24 heavy (non-hydrogen) atoms. The number of halogens is 1. The minimum absolute atomic E-state index is 0.247. The number of aromatic nitrogens is 1. The van der Waals surface area contributed by atoms with Crippen LogP contribution in [0.3, 0.4) is 0 Å². The van der Waals surface area contributed by atoms with Gasteiger partial charge in [0.2, 0.25) is 0 Å². The van der Waals surface area contributed by atoms with Crippen LogP contribution in [-0.4, -0.2) is 29.6 Å². The van der Waals surface area contributed by atoms with Gasteiger partial charge in [0.15, 0.2) is 6.61 Å². The molecule has 0 fully saturated rings. The van der Waals surface area contributed by atoms with E-state index in [0.29, 0.717) is 13.0 Å². The fraction of sp³-hybridized carbons (Fsp3) is 0.235. The Morgan fingerprint density at radius 2 is 1.88 bits per heavy atom. The normalized spacial score (nSPS) is 10.2. The van der Waals surface area contributed by atoms with Crippen LogP contribution in [0, 0.1) is 5.82 Å². The van der Waals surface area contributed by atoms with Crippen molar-refractivity contribution < 1.29 is 18.7 Å². The van der Waals surface area contributed by atoms with Crippen LogP contribution in [0.1, 0.15) is 5.56 Å². The zero-order valence-electron chi connectivity index (χ0n) is 12.9. The highest BCUT2D eigenvalue weighted by Gasteiger charge is 2.08. The Balaban J connectivity index is 1.67. The van der Waals surface area contributed by atoms with Crippen LogP contribution in [0.15, 0.2) is 53.5 Å². The molecule has 0 radical (unpaired) electrons. The molecule has 1 aromatic heterocycles. The summed E-state index contributed by atoms with van der Waals surface area (Å²) in [6.45, 7) is -0.313. The molecule has 0 aliphatic carbocycles. The number of carbonyl (C=O) groups excluding carboxylic acids is 2. The summed E-state index contributed by atoms with van der Waals surface area (Å²) in [6, 6.07) is 10.5. The molecule has 7 heteroatoms. The number of pyridine rings is 1. The predicted molar refractivity (Wildman–Crippen MR) is 84.8 cm³/mol. The van der Waals surface area contributed by atoms with Crippen LogP contribution in [0.25, 0.3) is 0 Å². The van der Waals surface area contributed by atoms with Crippen molar-refractivity contribution in [2.75, 3.05) is 13.2 Å². The van der Waals surface area contributed by atoms with E-state index in [1.807, 2.05) is 0 Å². The van der Waals surface area contributed by atoms with Gasteiger partial charge in [0.25, 0.3) is 11.5 Å². The van der Waals surface area contributed by atoms with E-state index >= 15 is 0 Å². The van der Waals surface area contributed by atoms with Crippen molar-refractivity contribution in [3.8, 4) is 0 Å². The first kappa shape index (κ1) is 17.4. The smallest absolute Gasteiger partial charge is 0.326 e. The van der Waals surface area contributed by atoms with Crippen molar-refractivity contribution in [3.05, 3.63) is 70.4 Å². The number of ether oxygens (including phenoxy) is 1. The molecule has 0 bridgehead atoms. The van der Waals surface area contributed by atoms with Crippen molar-refractivity contribution in [2.45, 2.75) is 13.0 Å². The molecular weight excluding hydrogens is 315 g/mol. The second kappa shape index (κ2) is 8.61. The van der Waals surface area contributed by atoms with E-state index in [4.69, 9.17) is 4.74 Å². The Hall–Kier alpha value is -2.96. The number of amides is 1. The molecule has 1 heterocycles. The molecule has 126 valence electrons. The second-order valence-electron chi connectivity index (χ2n) is 5.05. The van der Waals surface area contributed by atoms with E-state index in [1.165, 1.54) is 29.0 Å². The lowest BCUT2D eigenvalue weighted by molar-refractivity contribution is -0.149. The van der Waals surface area contributed by atoms with Gasteiger partial charge in [0, 0.05) is 18.8 Å². The molecule has 6 nitrogen and oxygen atoms in total. The third-order valence-corrected chi connectivity index (χ3v) is 3.21. The Morgan fingerprint density at radius 1 is 1.12 bits per heavy atom. The van der Waals surface area contributed by atoms with Gasteiger partial charge < -0.3 is 14.6 Å². The lowest BCUT2D eigenvalue weighted by Crippen LogP contribution is -2.32. The molecule has 0 saturated carbocycles. The molecule has 1 N–H and O–H groups in total. The number of carbonyl (C=O) groups is 2. The first-order valence-electron chi connectivity index (χ1n) is 7.37. The van der Waals surface area contributed by atoms with Gasteiger partial charge in [-0.2, -0.15) is 0 Å². The molecule has 1 amide bonds. The largest absolute Gasteiger partial charge is 0.454 e. The first-order valence-corrected chi connectivity index (χ1v) is 7.37. The van der Waals surface area contributed by atoms with Crippen LogP contribution in [-0.2, 0) is 27.3 Å². The molecule has 0 spiro atoms. The van der Waals surface area contributed by atoms with E-state index in [1.54, 1.807) is 24.3 Å². The molecule has 0 unspecified atom stereocenters. The number of rotatable bonds is 7. The van der Waals surface area contributed by atoms with Crippen molar-refractivity contribution in [1.82, 2.24) is 9.88 Å². The molecule has 0 atom stereocenters. The number of benzene rings is 1. The highest BCUT2D eigenvalue weighted by molar-refractivity contribution is 5.80. The van der Waals surface area contributed by atoms with Gasteiger partial charge in [-0.25, -0.2) is 4.39 Å². The third kappa shape index (κ3) is 5.68. The summed E-state index contributed by atoms with van der Waals surface area (Å²) in [4.78, 5) is 34.6. The second-order valence-corrected chi connectivity index (χ2v) is 5.05. The van der Waals surface area contributed by atoms with E-state index in [2.05, 4.69) is 5.32 Å². The van der Waals surface area contributed by atoms with Crippen molar-refractivity contribution in [3.63, 3.8) is 0 Å². The number of nitrogens with zero attached hydrogens (tertiary/aromatic N) is 1. The summed E-state index contributed by atoms with van der Waals surface area (Å²) >= 11 is 0. The van der Waals surface area contributed by atoms with Crippen molar-refractivity contribution in [2.24, 2.45) is 0 Å². The van der Waals surface area contributed by atoms with E-state index in [9.17, 15) is 18.8 Å². The average molecular weight is 332 g/mol. The number of hydrogen-bond donors (Lipinski definition) is 1. The zero-order valence-corrected chi connectivity index (χ0v) is 12.9. The topological polar surface area (TPSA) is 77.4 Å². The van der Waals surface area contributed by atoms with E-state index in [0.717, 1.165) is 5.56 Å². The van der Waals surface area contributed by atoms with Crippen molar-refractivity contribution in [1.29, 1.82) is 0 Å². The Morgan fingerprint density at radius 3 is 2.58 bits per heavy atom. The van der Waals surface area contributed by atoms with Crippen molar-refractivity contribution >= 4 is 11.9 Å². The monoisotopic (exact) mass is 332 g/mol. The number of esters is 1. The predicted octanol–water partition coefficient (Wildman–Crippen LogP) is 0.889. The molecule has 0 aliphatic heterocycles. The maximum atomic E-state index is 12.8. The van der Waals surface area contributed by atoms with Gasteiger partial charge in [-0.05, 0) is 30.2 Å². The summed E-state index contributed by atoms with van der Waals surface area (Å²) in [5.41, 5.74) is 0.565. The quantitative estimate of drug-likeness (QED) is 0.764. The van der Waals surface area contributed by atoms with Crippen LogP contribution in [0.4, 0.5) is 4.39 Å². The van der Waals surface area contributed by atoms with Crippen LogP contribution >= 0.6 is 0 Å². The summed E-state index contributed by atoms with van der Waals surface area (Å²) in [5.74, 6) is -1.42. The Labute approximate surface area is 137 Å². The Kier molecular flexibility index (Phi) is 6.24. The molecule has 0 saturated heterocycles. The minimum atomic E-state index is -0.669. The van der Waals surface area contributed by atoms with Crippen LogP contribution < -0.4 is 10.9 Å². The van der Waals surface area contributed by atoms with Crippen LogP contribution in [0.5, 0.6) is 0 Å². The summed E-state index contributed by atoms with van der Waals surface area (Å²) in [6.07, 6.45) is 2.01. The molecule has 1 aromatic carbocycles. The third-order valence-electron chi connectivity index (χ3n) is 3.21. The van der Waals surface area contributed by atoms with Crippen LogP contribution in [0.2, 0.25) is 0 Å². The molecule has 0 aliphatic rings. The lowest BCUT2D eigenvalue weighted by atomic mass is 10.1. The van der Waals surface area contributed by atoms with E-state index < -0.39 is 18.5 Å².